The molecule has 27 heavy (non-hydrogen) atoms. The fraction of sp³-hybridized carbons (Fsp3) is 0.208. The molecule has 0 bridgehead atoms. The minimum atomic E-state index is -0.681. The number of benzene rings is 3. The monoisotopic (exact) mass is 357 g/mol. The van der Waals surface area contributed by atoms with Gasteiger partial charge < -0.3 is 5.11 Å². The van der Waals surface area contributed by atoms with Crippen LogP contribution in [-0.4, -0.2) is 16.2 Å². The highest BCUT2D eigenvalue weighted by atomic mass is 16.3. The number of aryl methyl sites for hydroxylation is 1. The molecule has 0 heterocycles. The highest BCUT2D eigenvalue weighted by molar-refractivity contribution is 5.18. The van der Waals surface area contributed by atoms with E-state index in [0.717, 1.165) is 6.42 Å². The zero-order valence-corrected chi connectivity index (χ0v) is 15.4. The van der Waals surface area contributed by atoms with Crippen molar-refractivity contribution < 1.29 is 5.11 Å². The summed E-state index contributed by atoms with van der Waals surface area (Å²) >= 11 is 0. The number of aliphatic hydroxyl groups excluding tert-OH is 1. The van der Waals surface area contributed by atoms with Gasteiger partial charge in [0, 0.05) is 0 Å². The first-order valence-corrected chi connectivity index (χ1v) is 9.30. The van der Waals surface area contributed by atoms with Crippen molar-refractivity contribution in [2.75, 3.05) is 0 Å². The van der Waals surface area contributed by atoms with E-state index < -0.39 is 6.10 Å². The molecular weight excluding hydrogens is 332 g/mol. The van der Waals surface area contributed by atoms with E-state index in [9.17, 15) is 5.11 Å². The molecule has 0 unspecified atom stereocenters. The van der Waals surface area contributed by atoms with E-state index in [1.165, 1.54) is 16.7 Å². The van der Waals surface area contributed by atoms with Crippen molar-refractivity contribution in [2.24, 2.45) is 0 Å². The number of hydrogen-bond acceptors (Lipinski definition) is 2. The van der Waals surface area contributed by atoms with Crippen LogP contribution >= 0.6 is 0 Å². The summed E-state index contributed by atoms with van der Waals surface area (Å²) in [7, 11) is 0. The van der Waals surface area contributed by atoms with Gasteiger partial charge in [0.15, 0.2) is 6.10 Å². The minimum Gasteiger partial charge on any atom is -0.374 e. The second kappa shape index (κ2) is 10.2. The lowest BCUT2D eigenvalue weighted by atomic mass is 10.1. The van der Waals surface area contributed by atoms with Crippen LogP contribution in [0.2, 0.25) is 0 Å². The number of rotatable bonds is 7. The summed E-state index contributed by atoms with van der Waals surface area (Å²) in [6.07, 6.45) is 0.735. The summed E-state index contributed by atoms with van der Waals surface area (Å²) in [5.41, 5.74) is 3.57. The van der Waals surface area contributed by atoms with Gasteiger partial charge in [0.1, 0.15) is 13.1 Å². The van der Waals surface area contributed by atoms with Crippen molar-refractivity contribution in [1.29, 1.82) is 0 Å². The van der Waals surface area contributed by atoms with Gasteiger partial charge in [-0.1, -0.05) is 96.0 Å². The maximum absolute atomic E-state index is 10.3. The molecule has 0 spiro atoms. The van der Waals surface area contributed by atoms with Crippen molar-refractivity contribution in [3.63, 3.8) is 0 Å². The Balaban J connectivity index is 1.64. The van der Waals surface area contributed by atoms with Gasteiger partial charge in [0.05, 0.1) is 4.95 Å². The van der Waals surface area contributed by atoms with Gasteiger partial charge in [-0.2, -0.15) is 0 Å². The SMILES string of the molecule is O[C@H](C#[N+]N(Cc1ccccc1)Cc1ccccc1)CCc1ccccc1. The second-order valence-corrected chi connectivity index (χ2v) is 6.56. The van der Waals surface area contributed by atoms with Crippen molar-refractivity contribution in [3.05, 3.63) is 113 Å². The summed E-state index contributed by atoms with van der Waals surface area (Å²) in [5.74, 6) is 0. The molecule has 136 valence electrons. The van der Waals surface area contributed by atoms with Crippen molar-refractivity contribution in [3.8, 4) is 6.07 Å². The maximum Gasteiger partial charge on any atom is 0.350 e. The molecule has 3 nitrogen and oxygen atoms in total. The van der Waals surface area contributed by atoms with Gasteiger partial charge in [0.25, 0.3) is 0 Å². The van der Waals surface area contributed by atoms with Crippen LogP contribution in [0.3, 0.4) is 0 Å². The van der Waals surface area contributed by atoms with Crippen LogP contribution < -0.4 is 0 Å². The predicted molar refractivity (Wildman–Crippen MR) is 110 cm³/mol. The quantitative estimate of drug-likeness (QED) is 0.480. The summed E-state index contributed by atoms with van der Waals surface area (Å²) in [5, 5.41) is 12.2. The number of nitrogens with zero attached hydrogens (tertiary/aromatic N) is 2. The average molecular weight is 357 g/mol. The first-order chi connectivity index (χ1) is 13.3. The Morgan fingerprint density at radius 2 is 1.15 bits per heavy atom. The molecule has 3 heteroatoms. The molecule has 3 aromatic carbocycles. The first-order valence-electron chi connectivity index (χ1n) is 9.30. The van der Waals surface area contributed by atoms with E-state index in [2.05, 4.69) is 47.4 Å². The highest BCUT2D eigenvalue weighted by Crippen LogP contribution is 2.11. The Hall–Kier alpha value is -3.09. The lowest BCUT2D eigenvalue weighted by Crippen LogP contribution is -2.15. The molecule has 3 aromatic rings. The van der Waals surface area contributed by atoms with Gasteiger partial charge in [-0.3, -0.25) is 0 Å². The molecule has 3 rings (SSSR count). The number of aliphatic hydroxyl groups is 1. The van der Waals surface area contributed by atoms with E-state index in [0.29, 0.717) is 19.5 Å². The van der Waals surface area contributed by atoms with Crippen molar-refractivity contribution >= 4 is 0 Å². The molecule has 0 amide bonds. The van der Waals surface area contributed by atoms with Crippen LogP contribution in [0.1, 0.15) is 23.1 Å². The molecule has 0 fully saturated rings. The predicted octanol–water partition coefficient (Wildman–Crippen LogP) is 4.93. The molecule has 0 saturated heterocycles. The topological polar surface area (TPSA) is 27.8 Å². The largest absolute Gasteiger partial charge is 0.374 e. The van der Waals surface area contributed by atoms with E-state index in [-0.39, 0.29) is 0 Å². The average Bonchev–Trinajstić information content (AvgIpc) is 2.73. The Bertz CT molecular complexity index is 813. The minimum absolute atomic E-state index is 0.609. The molecular formula is C24H25N2O+. The van der Waals surface area contributed by atoms with Crippen LogP contribution in [0.15, 0.2) is 91.0 Å². The van der Waals surface area contributed by atoms with E-state index in [4.69, 9.17) is 0 Å². The molecule has 0 radical (unpaired) electrons. The third-order valence-corrected chi connectivity index (χ3v) is 4.31. The van der Waals surface area contributed by atoms with Crippen LogP contribution in [0.25, 0.3) is 4.95 Å². The third-order valence-electron chi connectivity index (χ3n) is 4.31. The number of hydrogen-bond donors (Lipinski definition) is 1. The summed E-state index contributed by atoms with van der Waals surface area (Å²) in [4.78, 5) is 4.46. The Morgan fingerprint density at radius 1 is 0.704 bits per heavy atom. The van der Waals surface area contributed by atoms with Crippen LogP contribution in [0.5, 0.6) is 0 Å². The summed E-state index contributed by atoms with van der Waals surface area (Å²) < 4.78 is 0. The zero-order valence-electron chi connectivity index (χ0n) is 15.4. The third kappa shape index (κ3) is 6.62. The fourth-order valence-corrected chi connectivity index (χ4v) is 2.88. The Labute approximate surface area is 161 Å². The van der Waals surface area contributed by atoms with Gasteiger partial charge in [-0.05, 0) is 29.5 Å². The standard InChI is InChI=1S/C24H25N2O/c27-24(17-16-21-10-4-1-5-11-21)18-25-26(19-22-12-6-2-7-13-22)20-23-14-8-3-9-15-23/h1-15,24,27H,16-17,19-20H2/q+1/t24-/m0/s1. The van der Waals surface area contributed by atoms with E-state index >= 15 is 0 Å². The Kier molecular flexibility index (Phi) is 7.03. The van der Waals surface area contributed by atoms with E-state index in [1.54, 1.807) is 0 Å². The van der Waals surface area contributed by atoms with Gasteiger partial charge in [-0.25, -0.2) is 0 Å². The van der Waals surface area contributed by atoms with Gasteiger partial charge >= 0.3 is 6.07 Å². The second-order valence-electron chi connectivity index (χ2n) is 6.56. The molecule has 0 saturated carbocycles. The highest BCUT2D eigenvalue weighted by Gasteiger charge is 2.15. The normalized spacial score (nSPS) is 11.3. The maximum atomic E-state index is 10.3. The smallest absolute Gasteiger partial charge is 0.350 e. The van der Waals surface area contributed by atoms with Crippen molar-refractivity contribution in [1.82, 2.24) is 5.01 Å². The zero-order chi connectivity index (χ0) is 18.7. The molecule has 0 aliphatic carbocycles. The van der Waals surface area contributed by atoms with Crippen molar-refractivity contribution in [2.45, 2.75) is 32.0 Å². The van der Waals surface area contributed by atoms with Gasteiger partial charge in [-0.15, -0.1) is 0 Å². The fourth-order valence-electron chi connectivity index (χ4n) is 2.88. The summed E-state index contributed by atoms with van der Waals surface area (Å²) in [6.45, 7) is 1.35. The first kappa shape index (κ1) is 18.7. The van der Waals surface area contributed by atoms with Gasteiger partial charge in [0.2, 0.25) is 0 Å². The molecule has 1 atom stereocenters. The molecule has 0 aliphatic rings. The lowest BCUT2D eigenvalue weighted by Gasteiger charge is -2.07. The van der Waals surface area contributed by atoms with Crippen LogP contribution in [0, 0.1) is 6.07 Å². The van der Waals surface area contributed by atoms with Crippen LogP contribution in [0.4, 0.5) is 0 Å². The molecule has 0 aliphatic heterocycles. The molecule has 0 aromatic heterocycles. The lowest BCUT2D eigenvalue weighted by molar-refractivity contribution is 0.220. The summed E-state index contributed by atoms with van der Waals surface area (Å²) in [6, 6.07) is 33.5. The Morgan fingerprint density at radius 3 is 1.63 bits per heavy atom. The molecule has 1 N–H and O–H groups in total. The van der Waals surface area contributed by atoms with E-state index in [1.807, 2.05) is 59.6 Å². The van der Waals surface area contributed by atoms with Crippen LogP contribution in [-0.2, 0) is 19.5 Å².